The number of carbonyl (C=O) groups is 1. The molecule has 0 saturated heterocycles. The number of hydrogen-bond acceptors (Lipinski definition) is 3. The van der Waals surface area contributed by atoms with Crippen molar-refractivity contribution in [2.45, 2.75) is 6.36 Å². The van der Waals surface area contributed by atoms with E-state index in [0.717, 1.165) is 0 Å². The van der Waals surface area contributed by atoms with Crippen LogP contribution in [0.1, 0.15) is 10.4 Å². The Bertz CT molecular complexity index is 332. The lowest BCUT2D eigenvalue weighted by Gasteiger charge is -2.08. The van der Waals surface area contributed by atoms with Gasteiger partial charge in [-0.3, -0.25) is 9.53 Å². The Hall–Kier alpha value is -1.56. The van der Waals surface area contributed by atoms with Crippen LogP contribution < -0.4 is 4.74 Å². The minimum absolute atomic E-state index is 0.208. The van der Waals surface area contributed by atoms with Gasteiger partial charge in [0.1, 0.15) is 18.6 Å². The summed E-state index contributed by atoms with van der Waals surface area (Å²) in [7, 11) is 0. The molecule has 0 aliphatic heterocycles. The lowest BCUT2D eigenvalue weighted by atomic mass is 10.2. The second-order valence-electron chi connectivity index (χ2n) is 2.83. The van der Waals surface area contributed by atoms with Crippen LogP contribution in [-0.4, -0.2) is 25.9 Å². The maximum absolute atomic E-state index is 11.6. The van der Waals surface area contributed by atoms with Gasteiger partial charge in [0.05, 0.1) is 6.61 Å². The Morgan fingerprint density at radius 2 is 1.75 bits per heavy atom. The number of alkyl halides is 3. The average Bonchev–Trinajstić information content (AvgIpc) is 2.24. The fraction of sp³-hybridized carbons (Fsp3) is 0.300. The van der Waals surface area contributed by atoms with E-state index in [9.17, 15) is 18.0 Å². The van der Waals surface area contributed by atoms with Crippen molar-refractivity contribution in [1.82, 2.24) is 0 Å². The van der Waals surface area contributed by atoms with Gasteiger partial charge in [-0.15, -0.1) is 13.2 Å². The zero-order chi connectivity index (χ0) is 12.0. The largest absolute Gasteiger partial charge is 0.522 e. The highest BCUT2D eigenvalue weighted by Crippen LogP contribution is 2.16. The minimum atomic E-state index is -4.63. The summed E-state index contributed by atoms with van der Waals surface area (Å²) in [5.41, 5.74) is 0.471. The summed E-state index contributed by atoms with van der Waals surface area (Å²) in [6.07, 6.45) is -3.97. The first-order valence-corrected chi connectivity index (χ1v) is 4.40. The molecule has 0 fully saturated rings. The molecule has 1 rings (SSSR count). The van der Waals surface area contributed by atoms with Gasteiger partial charge in [0.2, 0.25) is 0 Å². The van der Waals surface area contributed by atoms with Crippen LogP contribution in [0.5, 0.6) is 5.75 Å². The summed E-state index contributed by atoms with van der Waals surface area (Å²) in [5, 5.41) is 0. The topological polar surface area (TPSA) is 35.5 Å². The van der Waals surface area contributed by atoms with E-state index >= 15 is 0 Å². The molecule has 0 atom stereocenters. The number of benzene rings is 1. The van der Waals surface area contributed by atoms with Gasteiger partial charge in [0, 0.05) is 5.56 Å². The smallest absolute Gasteiger partial charge is 0.491 e. The van der Waals surface area contributed by atoms with Gasteiger partial charge >= 0.3 is 6.36 Å². The molecule has 0 N–H and O–H groups in total. The molecule has 1 aromatic carbocycles. The molecular formula is C10H9F3O3. The third kappa shape index (κ3) is 4.79. The highest BCUT2D eigenvalue weighted by atomic mass is 19.4. The lowest BCUT2D eigenvalue weighted by Crippen LogP contribution is -2.18. The molecule has 0 aliphatic rings. The van der Waals surface area contributed by atoms with E-state index in [2.05, 4.69) is 4.74 Å². The monoisotopic (exact) mass is 234 g/mol. The summed E-state index contributed by atoms with van der Waals surface area (Å²) < 4.78 is 43.2. The summed E-state index contributed by atoms with van der Waals surface area (Å²) in [6.45, 7) is -0.779. The molecule has 0 unspecified atom stereocenters. The summed E-state index contributed by atoms with van der Waals surface area (Å²) in [5.74, 6) is 0.386. The molecule has 0 bridgehead atoms. The molecular weight excluding hydrogens is 225 g/mol. The first-order valence-electron chi connectivity index (χ1n) is 4.40. The molecule has 0 aromatic heterocycles. The van der Waals surface area contributed by atoms with Crippen molar-refractivity contribution in [1.29, 1.82) is 0 Å². The maximum atomic E-state index is 11.6. The van der Waals surface area contributed by atoms with Crippen LogP contribution >= 0.6 is 0 Å². The Morgan fingerprint density at radius 1 is 1.12 bits per heavy atom. The quantitative estimate of drug-likeness (QED) is 0.579. The van der Waals surface area contributed by atoms with Crippen molar-refractivity contribution < 1.29 is 27.4 Å². The highest BCUT2D eigenvalue weighted by molar-refractivity contribution is 5.74. The van der Waals surface area contributed by atoms with Gasteiger partial charge < -0.3 is 4.74 Å². The van der Waals surface area contributed by atoms with Crippen molar-refractivity contribution in [3.05, 3.63) is 29.8 Å². The molecule has 1 aromatic rings. The number of aldehydes is 1. The zero-order valence-electron chi connectivity index (χ0n) is 8.16. The molecule has 0 spiro atoms. The van der Waals surface area contributed by atoms with Crippen molar-refractivity contribution >= 4 is 6.29 Å². The van der Waals surface area contributed by atoms with Crippen LogP contribution in [0.3, 0.4) is 0 Å². The Labute approximate surface area is 89.8 Å². The third-order valence-corrected chi connectivity index (χ3v) is 1.63. The fourth-order valence-corrected chi connectivity index (χ4v) is 0.960. The van der Waals surface area contributed by atoms with Crippen LogP contribution in [0.4, 0.5) is 13.2 Å². The molecule has 3 nitrogen and oxygen atoms in total. The van der Waals surface area contributed by atoms with Crippen molar-refractivity contribution in [2.75, 3.05) is 13.2 Å². The van der Waals surface area contributed by atoms with Crippen LogP contribution in [0, 0.1) is 0 Å². The normalized spacial score (nSPS) is 11.2. The second-order valence-corrected chi connectivity index (χ2v) is 2.83. The standard InChI is InChI=1S/C10H9F3O3/c11-10(12,13)16-6-5-15-9-3-1-8(7-14)2-4-9/h1-4,7H,5-6H2. The van der Waals surface area contributed by atoms with Gasteiger partial charge in [-0.05, 0) is 24.3 Å². The SMILES string of the molecule is O=Cc1ccc(OCCOC(F)(F)F)cc1. The minimum Gasteiger partial charge on any atom is -0.491 e. The maximum Gasteiger partial charge on any atom is 0.522 e. The number of ether oxygens (including phenoxy) is 2. The van der Waals surface area contributed by atoms with Crippen molar-refractivity contribution in [3.8, 4) is 5.75 Å². The Morgan fingerprint density at radius 3 is 2.25 bits per heavy atom. The molecule has 0 aliphatic carbocycles. The van der Waals surface area contributed by atoms with E-state index in [1.807, 2.05) is 0 Å². The fourth-order valence-electron chi connectivity index (χ4n) is 0.960. The lowest BCUT2D eigenvalue weighted by molar-refractivity contribution is -0.325. The van der Waals surface area contributed by atoms with Gasteiger partial charge in [0.25, 0.3) is 0 Å². The average molecular weight is 234 g/mol. The van der Waals surface area contributed by atoms with Gasteiger partial charge in [-0.25, -0.2) is 0 Å². The number of rotatable bonds is 5. The molecule has 0 radical (unpaired) electrons. The van der Waals surface area contributed by atoms with E-state index < -0.39 is 13.0 Å². The van der Waals surface area contributed by atoms with Gasteiger partial charge in [-0.1, -0.05) is 0 Å². The Balaban J connectivity index is 2.29. The van der Waals surface area contributed by atoms with Crippen molar-refractivity contribution in [2.24, 2.45) is 0 Å². The number of hydrogen-bond donors (Lipinski definition) is 0. The van der Waals surface area contributed by atoms with E-state index in [1.165, 1.54) is 24.3 Å². The van der Waals surface area contributed by atoms with Crippen LogP contribution in [0.2, 0.25) is 0 Å². The van der Waals surface area contributed by atoms with Crippen LogP contribution in [0.25, 0.3) is 0 Å². The van der Waals surface area contributed by atoms with E-state index in [-0.39, 0.29) is 6.61 Å². The van der Waals surface area contributed by atoms with Gasteiger partial charge in [-0.2, -0.15) is 0 Å². The molecule has 6 heteroatoms. The highest BCUT2D eigenvalue weighted by Gasteiger charge is 2.28. The first kappa shape index (κ1) is 12.5. The number of carbonyl (C=O) groups excluding carboxylic acids is 1. The molecule has 0 saturated carbocycles. The predicted octanol–water partition coefficient (Wildman–Crippen LogP) is 2.41. The Kier molecular flexibility index (Phi) is 4.30. The van der Waals surface area contributed by atoms with E-state index in [1.54, 1.807) is 0 Å². The molecule has 16 heavy (non-hydrogen) atoms. The summed E-state index contributed by atoms with van der Waals surface area (Å²) in [4.78, 5) is 10.3. The molecule has 88 valence electrons. The summed E-state index contributed by atoms with van der Waals surface area (Å²) in [6, 6.07) is 6.01. The van der Waals surface area contributed by atoms with Crippen LogP contribution in [-0.2, 0) is 4.74 Å². The van der Waals surface area contributed by atoms with Gasteiger partial charge in [0.15, 0.2) is 0 Å². The second kappa shape index (κ2) is 5.50. The van der Waals surface area contributed by atoms with Crippen molar-refractivity contribution in [3.63, 3.8) is 0 Å². The van der Waals surface area contributed by atoms with E-state index in [4.69, 9.17) is 4.74 Å². The number of halogens is 3. The molecule has 0 heterocycles. The third-order valence-electron chi connectivity index (χ3n) is 1.63. The molecule has 0 amide bonds. The van der Waals surface area contributed by atoms with Crippen LogP contribution in [0.15, 0.2) is 24.3 Å². The summed E-state index contributed by atoms with van der Waals surface area (Å²) >= 11 is 0. The zero-order valence-corrected chi connectivity index (χ0v) is 8.16. The first-order chi connectivity index (χ1) is 7.51. The predicted molar refractivity (Wildman–Crippen MR) is 49.3 cm³/mol. The van der Waals surface area contributed by atoms with E-state index in [0.29, 0.717) is 17.6 Å².